The number of piperidine rings is 1. The molecule has 136 valence electrons. The van der Waals surface area contributed by atoms with Crippen LogP contribution in [0.1, 0.15) is 30.0 Å². The Bertz CT molecular complexity index is 815. The van der Waals surface area contributed by atoms with Gasteiger partial charge < -0.3 is 25.1 Å². The van der Waals surface area contributed by atoms with E-state index in [0.29, 0.717) is 5.82 Å². The van der Waals surface area contributed by atoms with Gasteiger partial charge >= 0.3 is 22.4 Å². The maximum atomic E-state index is 11.9. The predicted molar refractivity (Wildman–Crippen MR) is 91.2 cm³/mol. The average Bonchev–Trinajstić information content (AvgIpc) is 2.88. The van der Waals surface area contributed by atoms with Gasteiger partial charge in [-0.05, 0) is 54.1 Å². The van der Waals surface area contributed by atoms with Crippen molar-refractivity contribution in [2.45, 2.75) is 25.3 Å². The van der Waals surface area contributed by atoms with Gasteiger partial charge in [0.25, 0.3) is 0 Å². The van der Waals surface area contributed by atoms with Gasteiger partial charge in [-0.3, -0.25) is 4.98 Å². The number of nitrogens with zero attached hydrogens (tertiary/aromatic N) is 2. The van der Waals surface area contributed by atoms with E-state index in [1.165, 1.54) is 17.3 Å². The summed E-state index contributed by atoms with van der Waals surface area (Å²) in [6.45, 7) is 1.58. The van der Waals surface area contributed by atoms with Gasteiger partial charge in [0.15, 0.2) is 0 Å². The fraction of sp³-hybridized carbons (Fsp3) is 0.444. The molecule has 1 aliphatic carbocycles. The molecule has 7 heteroatoms. The van der Waals surface area contributed by atoms with Crippen LogP contribution in [0.5, 0.6) is 5.75 Å². The number of methoxy groups -OCH3 is 1. The van der Waals surface area contributed by atoms with Crippen LogP contribution in [0.15, 0.2) is 29.2 Å². The SMILES string of the molecule is COc1ccc2c(c1)CC1(CCN(c3nc[c-][nH]c3=O)CC1)[C@@H]2N.[Ag+]. The van der Waals surface area contributed by atoms with Crippen molar-refractivity contribution in [3.05, 3.63) is 52.1 Å². The Labute approximate surface area is 162 Å². The van der Waals surface area contributed by atoms with E-state index in [0.717, 1.165) is 38.1 Å². The number of anilines is 1. The van der Waals surface area contributed by atoms with Crippen molar-refractivity contribution in [1.82, 2.24) is 9.97 Å². The maximum absolute atomic E-state index is 11.9. The topological polar surface area (TPSA) is 84.2 Å². The number of nitrogens with two attached hydrogens (primary N) is 1. The minimum Gasteiger partial charge on any atom is -0.497 e. The van der Waals surface area contributed by atoms with E-state index in [1.54, 1.807) is 7.11 Å². The number of H-pyrrole nitrogens is 1. The molecule has 1 aliphatic heterocycles. The molecule has 3 N–H and O–H groups in total. The molecule has 4 rings (SSSR count). The molecule has 0 saturated carbocycles. The number of ether oxygens (including phenoxy) is 1. The number of rotatable bonds is 2. The van der Waals surface area contributed by atoms with Gasteiger partial charge in [-0.25, -0.2) is 0 Å². The Kier molecular flexibility index (Phi) is 5.06. The Morgan fingerprint density at radius 1 is 1.40 bits per heavy atom. The first-order valence-electron chi connectivity index (χ1n) is 8.26. The third-order valence-electron chi connectivity index (χ3n) is 5.59. The van der Waals surface area contributed by atoms with Crippen LogP contribution in [-0.4, -0.2) is 30.2 Å². The molecule has 1 saturated heterocycles. The Balaban J connectivity index is 0.00000182. The van der Waals surface area contributed by atoms with E-state index < -0.39 is 0 Å². The first kappa shape index (κ1) is 18.2. The first-order chi connectivity index (χ1) is 11.6. The van der Waals surface area contributed by atoms with E-state index >= 15 is 0 Å². The Hall–Kier alpha value is -1.60. The van der Waals surface area contributed by atoms with Crippen LogP contribution in [0.25, 0.3) is 0 Å². The number of nitrogens with one attached hydrogen (secondary N) is 1. The molecular weight excluding hydrogens is 412 g/mol. The third-order valence-corrected chi connectivity index (χ3v) is 5.59. The van der Waals surface area contributed by atoms with Gasteiger partial charge in [-0.1, -0.05) is 6.07 Å². The first-order valence-corrected chi connectivity index (χ1v) is 8.26. The Morgan fingerprint density at radius 3 is 2.84 bits per heavy atom. The molecule has 1 atom stereocenters. The molecular formula is C18H21AgN4O2. The summed E-state index contributed by atoms with van der Waals surface area (Å²) in [5, 5.41) is 0. The fourth-order valence-electron chi connectivity index (χ4n) is 4.17. The van der Waals surface area contributed by atoms with E-state index in [1.807, 2.05) is 11.0 Å². The summed E-state index contributed by atoms with van der Waals surface area (Å²) in [6.07, 6.45) is 6.99. The van der Waals surface area contributed by atoms with Crippen molar-refractivity contribution in [3.63, 3.8) is 0 Å². The van der Waals surface area contributed by atoms with Crippen LogP contribution in [0, 0.1) is 11.6 Å². The quantitative estimate of drug-likeness (QED) is 0.553. The molecule has 25 heavy (non-hydrogen) atoms. The maximum Gasteiger partial charge on any atom is 1.00 e. The van der Waals surface area contributed by atoms with Gasteiger partial charge in [-0.15, -0.1) is 0 Å². The van der Waals surface area contributed by atoms with Crippen LogP contribution in [0.4, 0.5) is 5.82 Å². The summed E-state index contributed by atoms with van der Waals surface area (Å²) < 4.78 is 5.34. The number of fused-ring (bicyclic) bond motifs is 1. The van der Waals surface area contributed by atoms with Crippen molar-refractivity contribution in [3.8, 4) is 5.75 Å². The molecule has 2 aromatic rings. The molecule has 2 heterocycles. The van der Waals surface area contributed by atoms with Crippen molar-refractivity contribution < 1.29 is 27.1 Å². The molecule has 6 nitrogen and oxygen atoms in total. The molecule has 2 aliphatic rings. The summed E-state index contributed by atoms with van der Waals surface area (Å²) in [5.41, 5.74) is 9.02. The molecule has 0 amide bonds. The number of aromatic amines is 1. The van der Waals surface area contributed by atoms with Gasteiger partial charge in [-0.2, -0.15) is 6.20 Å². The fourth-order valence-corrected chi connectivity index (χ4v) is 4.17. The zero-order chi connectivity index (χ0) is 16.7. The van der Waals surface area contributed by atoms with E-state index in [-0.39, 0.29) is 39.4 Å². The van der Waals surface area contributed by atoms with Gasteiger partial charge in [0.2, 0.25) is 0 Å². The molecule has 0 unspecified atom stereocenters. The van der Waals surface area contributed by atoms with E-state index in [9.17, 15) is 4.79 Å². The van der Waals surface area contributed by atoms with E-state index in [4.69, 9.17) is 10.5 Å². The minimum atomic E-state index is -0.183. The summed E-state index contributed by atoms with van der Waals surface area (Å²) in [5.74, 6) is 1.36. The molecule has 1 fully saturated rings. The van der Waals surface area contributed by atoms with Gasteiger partial charge in [0.05, 0.1) is 7.11 Å². The van der Waals surface area contributed by atoms with Crippen LogP contribution in [0.3, 0.4) is 0 Å². The summed E-state index contributed by atoms with van der Waals surface area (Å²) in [7, 11) is 1.69. The minimum absolute atomic E-state index is 0. The van der Waals surface area contributed by atoms with E-state index in [2.05, 4.69) is 28.3 Å². The zero-order valence-electron chi connectivity index (χ0n) is 14.0. The molecule has 1 spiro atoms. The van der Waals surface area contributed by atoms with Crippen molar-refractivity contribution in [1.29, 1.82) is 0 Å². The monoisotopic (exact) mass is 432 g/mol. The summed E-state index contributed by atoms with van der Waals surface area (Å²) >= 11 is 0. The molecule has 1 aromatic heterocycles. The molecule has 0 radical (unpaired) electrons. The van der Waals surface area contributed by atoms with Crippen LogP contribution < -0.4 is 20.9 Å². The number of hydrogen-bond acceptors (Lipinski definition) is 5. The predicted octanol–water partition coefficient (Wildman–Crippen LogP) is 1.42. The number of hydrogen-bond donors (Lipinski definition) is 2. The normalized spacial score (nSPS) is 20.9. The van der Waals surface area contributed by atoms with Crippen molar-refractivity contribution in [2.75, 3.05) is 25.1 Å². The third kappa shape index (κ3) is 3.04. The van der Waals surface area contributed by atoms with Crippen LogP contribution in [0.2, 0.25) is 0 Å². The molecule has 1 aromatic carbocycles. The van der Waals surface area contributed by atoms with Crippen molar-refractivity contribution >= 4 is 5.82 Å². The second-order valence-corrected chi connectivity index (χ2v) is 6.75. The number of benzene rings is 1. The van der Waals surface area contributed by atoms with Crippen molar-refractivity contribution in [2.24, 2.45) is 11.1 Å². The zero-order valence-corrected chi connectivity index (χ0v) is 15.5. The smallest absolute Gasteiger partial charge is 0.497 e. The standard InChI is InChI=1S/C18H21N4O2.Ag/c1-24-13-2-3-14-12(10-13)11-18(15(14)19)4-8-22(9-5-18)16-17(23)21-7-6-20-16;/h2-3,6,10,15H,4-5,8-9,11,19H2,1H3,(H,21,23);/q-1;+1/t15-;/m1./s1. The second kappa shape index (κ2) is 6.96. The second-order valence-electron chi connectivity index (χ2n) is 6.75. The summed E-state index contributed by atoms with van der Waals surface area (Å²) in [4.78, 5) is 20.7. The summed E-state index contributed by atoms with van der Waals surface area (Å²) in [6, 6.07) is 6.22. The van der Waals surface area contributed by atoms with Gasteiger partial charge in [0, 0.05) is 19.1 Å². The van der Waals surface area contributed by atoms with Gasteiger partial charge in [0.1, 0.15) is 17.1 Å². The largest absolute Gasteiger partial charge is 1.00 e. The average molecular weight is 433 g/mol. The Morgan fingerprint density at radius 2 is 2.16 bits per heavy atom. The van der Waals surface area contributed by atoms with Crippen LogP contribution >= 0.6 is 0 Å². The van der Waals surface area contributed by atoms with Crippen LogP contribution in [-0.2, 0) is 28.8 Å². The molecule has 0 bridgehead atoms. The number of aromatic nitrogens is 2.